The van der Waals surface area contributed by atoms with Gasteiger partial charge in [-0.2, -0.15) is 0 Å². The molecule has 0 unspecified atom stereocenters. The summed E-state index contributed by atoms with van der Waals surface area (Å²) in [4.78, 5) is 12.1. The van der Waals surface area contributed by atoms with Gasteiger partial charge in [-0.3, -0.25) is 0 Å². The number of alkyl carbamates (subject to hydrolysis) is 1. The van der Waals surface area contributed by atoms with E-state index < -0.39 is 27.6 Å². The summed E-state index contributed by atoms with van der Waals surface area (Å²) in [6, 6.07) is 6.15. The van der Waals surface area contributed by atoms with Crippen molar-refractivity contribution in [2.75, 3.05) is 12.4 Å². The molecule has 6 nitrogen and oxygen atoms in total. The summed E-state index contributed by atoms with van der Waals surface area (Å²) < 4.78 is 29.7. The third-order valence-electron chi connectivity index (χ3n) is 3.66. The van der Waals surface area contributed by atoms with Gasteiger partial charge < -0.3 is 15.2 Å². The molecule has 1 aromatic rings. The monoisotopic (exact) mass is 355 g/mol. The third-order valence-corrected chi connectivity index (χ3v) is 5.56. The zero-order valence-corrected chi connectivity index (χ0v) is 15.1. The van der Waals surface area contributed by atoms with Gasteiger partial charge >= 0.3 is 6.09 Å². The first-order valence-electron chi connectivity index (χ1n) is 8.03. The van der Waals surface area contributed by atoms with Crippen LogP contribution in [0.25, 0.3) is 0 Å². The Kier molecular flexibility index (Phi) is 5.55. The lowest BCUT2D eigenvalue weighted by Crippen LogP contribution is -2.41. The van der Waals surface area contributed by atoms with Gasteiger partial charge in [0.25, 0.3) is 0 Å². The maximum absolute atomic E-state index is 12.2. The van der Waals surface area contributed by atoms with Crippen LogP contribution in [0.2, 0.25) is 0 Å². The summed E-state index contributed by atoms with van der Waals surface area (Å²) >= 11 is 0. The van der Waals surface area contributed by atoms with E-state index in [1.54, 1.807) is 12.1 Å². The van der Waals surface area contributed by atoms with Crippen molar-refractivity contribution in [2.24, 2.45) is 5.92 Å². The summed E-state index contributed by atoms with van der Waals surface area (Å²) in [5.41, 5.74) is 0.101. The minimum absolute atomic E-state index is 0.181. The molecule has 1 fully saturated rings. The molecule has 1 aliphatic rings. The molecule has 0 aromatic heterocycles. The number of hydrogen-bond donors (Lipinski definition) is 2. The molecule has 0 saturated heterocycles. The average Bonchev–Trinajstić information content (AvgIpc) is 3.26. The second-order valence-electron chi connectivity index (χ2n) is 7.25. The van der Waals surface area contributed by atoms with Crippen molar-refractivity contribution < 1.29 is 23.1 Å². The predicted molar refractivity (Wildman–Crippen MR) is 90.4 cm³/mol. The number of ether oxygens (including phenoxy) is 1. The Bertz CT molecular complexity index is 672. The minimum atomic E-state index is -3.28. The van der Waals surface area contributed by atoms with E-state index in [1.165, 1.54) is 12.1 Å². The number of carbonyl (C=O) groups excluding carboxylic acids is 1. The largest absolute Gasteiger partial charge is 0.439 e. The van der Waals surface area contributed by atoms with E-state index in [9.17, 15) is 18.3 Å². The Morgan fingerprint density at radius 3 is 2.33 bits per heavy atom. The molecule has 1 aliphatic carbocycles. The van der Waals surface area contributed by atoms with E-state index in [2.05, 4.69) is 5.32 Å². The highest BCUT2D eigenvalue weighted by Gasteiger charge is 2.29. The minimum Gasteiger partial charge on any atom is -0.439 e. The molecular weight excluding hydrogens is 330 g/mol. The Hall–Kier alpha value is -1.60. The van der Waals surface area contributed by atoms with Crippen LogP contribution in [0.4, 0.5) is 4.79 Å². The van der Waals surface area contributed by atoms with Gasteiger partial charge in [0.1, 0.15) is 0 Å². The molecule has 1 atom stereocenters. The Balaban J connectivity index is 2.05. The van der Waals surface area contributed by atoms with E-state index in [0.717, 1.165) is 12.8 Å². The lowest BCUT2D eigenvalue weighted by atomic mass is 10.1. The second kappa shape index (κ2) is 7.11. The number of aliphatic hydroxyl groups is 1. The van der Waals surface area contributed by atoms with Gasteiger partial charge in [-0.15, -0.1) is 0 Å². The van der Waals surface area contributed by atoms with Crippen molar-refractivity contribution in [3.05, 3.63) is 29.8 Å². The molecule has 1 amide bonds. The highest BCUT2D eigenvalue weighted by atomic mass is 32.2. The zero-order valence-electron chi connectivity index (χ0n) is 14.3. The van der Waals surface area contributed by atoms with Gasteiger partial charge in [-0.1, -0.05) is 12.1 Å². The van der Waals surface area contributed by atoms with Crippen LogP contribution < -0.4 is 5.32 Å². The van der Waals surface area contributed by atoms with Crippen LogP contribution in [0.15, 0.2) is 29.2 Å². The van der Waals surface area contributed by atoms with E-state index in [-0.39, 0.29) is 23.2 Å². The topological polar surface area (TPSA) is 92.7 Å². The first-order valence-corrected chi connectivity index (χ1v) is 9.68. The smallest absolute Gasteiger partial charge is 0.408 e. The Morgan fingerprint density at radius 1 is 1.29 bits per heavy atom. The highest BCUT2D eigenvalue weighted by molar-refractivity contribution is 7.91. The van der Waals surface area contributed by atoms with E-state index in [0.29, 0.717) is 5.56 Å². The van der Waals surface area contributed by atoms with Crippen molar-refractivity contribution in [3.63, 3.8) is 0 Å². The van der Waals surface area contributed by atoms with E-state index >= 15 is 0 Å². The van der Waals surface area contributed by atoms with Crippen LogP contribution in [0, 0.1) is 5.92 Å². The summed E-state index contributed by atoms with van der Waals surface area (Å²) in [5.74, 6) is 0.463. The summed E-state index contributed by atoms with van der Waals surface area (Å²) in [7, 11) is -3.28. The zero-order chi connectivity index (χ0) is 18.0. The molecule has 0 aliphatic heterocycles. The number of rotatable bonds is 6. The number of benzene rings is 1. The predicted octanol–water partition coefficient (Wildman–Crippen LogP) is 2.43. The van der Waals surface area contributed by atoms with Gasteiger partial charge in [0, 0.05) is 5.54 Å². The molecule has 24 heavy (non-hydrogen) atoms. The fraction of sp³-hybridized carbons (Fsp3) is 0.588. The van der Waals surface area contributed by atoms with Gasteiger partial charge in [0.05, 0.1) is 17.3 Å². The molecule has 2 N–H and O–H groups in total. The molecule has 1 aromatic carbocycles. The quantitative estimate of drug-likeness (QED) is 0.817. The number of amides is 1. The second-order valence-corrected chi connectivity index (χ2v) is 9.28. The summed E-state index contributed by atoms with van der Waals surface area (Å²) in [6.07, 6.45) is 0.473. The standard InChI is InChI=1S/C17H25NO5S/c1-17(2,3)18-16(20)23-15(10-19)13-6-8-14(9-7-13)24(21,22)11-12-4-5-12/h6-9,12,15,19H,4-5,10-11H2,1-3H3,(H,18,20)/t15-/m0/s1. The number of hydrogen-bond acceptors (Lipinski definition) is 5. The number of nitrogens with one attached hydrogen (secondary N) is 1. The van der Waals surface area contributed by atoms with Gasteiger partial charge in [-0.25, -0.2) is 13.2 Å². The number of carbonyl (C=O) groups is 1. The third kappa shape index (κ3) is 5.49. The fourth-order valence-electron chi connectivity index (χ4n) is 2.26. The molecule has 1 saturated carbocycles. The van der Waals surface area contributed by atoms with Crippen LogP contribution in [-0.4, -0.2) is 37.5 Å². The van der Waals surface area contributed by atoms with Crippen LogP contribution >= 0.6 is 0 Å². The molecule has 0 radical (unpaired) electrons. The van der Waals surface area contributed by atoms with Gasteiger partial charge in [0.2, 0.25) is 0 Å². The van der Waals surface area contributed by atoms with Crippen molar-refractivity contribution in [2.45, 2.75) is 50.2 Å². The molecule has 0 spiro atoms. The fourth-order valence-corrected chi connectivity index (χ4v) is 3.95. The van der Waals surface area contributed by atoms with Crippen LogP contribution in [-0.2, 0) is 14.6 Å². The molecule has 0 bridgehead atoms. The lowest BCUT2D eigenvalue weighted by molar-refractivity contribution is 0.0529. The number of aliphatic hydroxyl groups excluding tert-OH is 1. The SMILES string of the molecule is CC(C)(C)NC(=O)O[C@@H](CO)c1ccc(S(=O)(=O)CC2CC2)cc1. The number of sulfone groups is 1. The van der Waals surface area contributed by atoms with Crippen LogP contribution in [0.5, 0.6) is 0 Å². The van der Waals surface area contributed by atoms with Crippen molar-refractivity contribution in [3.8, 4) is 0 Å². The van der Waals surface area contributed by atoms with Gasteiger partial charge in [-0.05, 0) is 57.2 Å². The van der Waals surface area contributed by atoms with Gasteiger partial charge in [0.15, 0.2) is 15.9 Å². The highest BCUT2D eigenvalue weighted by Crippen LogP contribution is 2.32. The Labute approximate surface area is 143 Å². The lowest BCUT2D eigenvalue weighted by Gasteiger charge is -2.23. The molecule has 7 heteroatoms. The van der Waals surface area contributed by atoms with Crippen molar-refractivity contribution in [1.82, 2.24) is 5.32 Å². The molecule has 2 rings (SSSR count). The normalized spacial score (nSPS) is 16.5. The molecular formula is C17H25NO5S. The molecule has 0 heterocycles. The first kappa shape index (κ1) is 18.7. The van der Waals surface area contributed by atoms with E-state index in [4.69, 9.17) is 4.74 Å². The summed E-state index contributed by atoms with van der Waals surface area (Å²) in [6.45, 7) is 5.08. The Morgan fingerprint density at radius 2 is 1.88 bits per heavy atom. The summed E-state index contributed by atoms with van der Waals surface area (Å²) in [5, 5.41) is 12.1. The van der Waals surface area contributed by atoms with Crippen LogP contribution in [0.3, 0.4) is 0 Å². The van der Waals surface area contributed by atoms with Crippen molar-refractivity contribution >= 4 is 15.9 Å². The van der Waals surface area contributed by atoms with Crippen molar-refractivity contribution in [1.29, 1.82) is 0 Å². The van der Waals surface area contributed by atoms with E-state index in [1.807, 2.05) is 20.8 Å². The first-order chi connectivity index (χ1) is 11.1. The molecule has 134 valence electrons. The maximum Gasteiger partial charge on any atom is 0.408 e. The van der Waals surface area contributed by atoms with Crippen LogP contribution in [0.1, 0.15) is 45.3 Å². The average molecular weight is 355 g/mol. The maximum atomic E-state index is 12.2.